The Kier molecular flexibility index (Phi) is 4.69. The van der Waals surface area contributed by atoms with Gasteiger partial charge in [0.2, 0.25) is 0 Å². The third-order valence-corrected chi connectivity index (χ3v) is 2.83. The van der Waals surface area contributed by atoms with Crippen molar-refractivity contribution in [3.8, 4) is 11.8 Å². The number of ether oxygens (including phenoxy) is 1. The second-order valence-corrected chi connectivity index (χ2v) is 4.44. The minimum Gasteiger partial charge on any atom is -0.405 e. The van der Waals surface area contributed by atoms with Crippen molar-refractivity contribution in [2.75, 3.05) is 5.32 Å². The Hall–Kier alpha value is -2.82. The molecule has 0 aromatic heterocycles. The standard InChI is InChI=1S/C15H9F5N2O/c16-11-5-9(7-21)6-12(17)14(11)22-8-10-3-1-2-4-13(10)23-15(18,19)20/h1-6,22H,8H2. The molecule has 0 spiro atoms. The quantitative estimate of drug-likeness (QED) is 0.849. The molecule has 2 aromatic carbocycles. The number of nitrogens with one attached hydrogen (secondary N) is 1. The lowest BCUT2D eigenvalue weighted by Gasteiger charge is -2.14. The van der Waals surface area contributed by atoms with Gasteiger partial charge in [-0.05, 0) is 18.2 Å². The Bertz CT molecular complexity index is 729. The second-order valence-electron chi connectivity index (χ2n) is 4.44. The first kappa shape index (κ1) is 16.5. The zero-order chi connectivity index (χ0) is 17.0. The van der Waals surface area contributed by atoms with Crippen molar-refractivity contribution in [3.05, 3.63) is 59.2 Å². The van der Waals surface area contributed by atoms with E-state index in [1.807, 2.05) is 0 Å². The van der Waals surface area contributed by atoms with E-state index in [1.54, 1.807) is 6.07 Å². The number of hydrogen-bond acceptors (Lipinski definition) is 3. The Balaban J connectivity index is 2.21. The molecule has 0 amide bonds. The average Bonchev–Trinajstić information content (AvgIpc) is 2.46. The molecule has 3 nitrogen and oxygen atoms in total. The minimum absolute atomic E-state index is 0.0629. The van der Waals surface area contributed by atoms with Crippen LogP contribution in [0.5, 0.6) is 5.75 Å². The summed E-state index contributed by atoms with van der Waals surface area (Å²) in [6.45, 7) is -0.300. The first-order chi connectivity index (χ1) is 10.8. The normalized spacial score (nSPS) is 11.0. The number of benzene rings is 2. The molecule has 0 aliphatic rings. The molecule has 0 bridgehead atoms. The molecule has 0 heterocycles. The summed E-state index contributed by atoms with van der Waals surface area (Å²) < 4.78 is 68.2. The van der Waals surface area contributed by atoms with Gasteiger partial charge < -0.3 is 10.1 Å². The summed E-state index contributed by atoms with van der Waals surface area (Å²) >= 11 is 0. The second kappa shape index (κ2) is 6.52. The molecule has 8 heteroatoms. The van der Waals surface area contributed by atoms with Crippen LogP contribution in [0.2, 0.25) is 0 Å². The topological polar surface area (TPSA) is 45.0 Å². The van der Waals surface area contributed by atoms with Crippen LogP contribution < -0.4 is 10.1 Å². The Morgan fingerprint density at radius 2 is 1.70 bits per heavy atom. The van der Waals surface area contributed by atoms with Gasteiger partial charge in [-0.3, -0.25) is 0 Å². The molecule has 0 aliphatic heterocycles. The fourth-order valence-corrected chi connectivity index (χ4v) is 1.86. The van der Waals surface area contributed by atoms with E-state index in [-0.39, 0.29) is 17.7 Å². The molecule has 2 aromatic rings. The minimum atomic E-state index is -4.87. The summed E-state index contributed by atoms with van der Waals surface area (Å²) in [6.07, 6.45) is -4.87. The van der Waals surface area contributed by atoms with E-state index in [4.69, 9.17) is 5.26 Å². The molecule has 2 rings (SSSR count). The van der Waals surface area contributed by atoms with E-state index < -0.39 is 29.4 Å². The smallest absolute Gasteiger partial charge is 0.405 e. The van der Waals surface area contributed by atoms with Crippen molar-refractivity contribution in [2.24, 2.45) is 0 Å². The van der Waals surface area contributed by atoms with Gasteiger partial charge in [0.15, 0.2) is 11.6 Å². The molecule has 1 N–H and O–H groups in total. The number of anilines is 1. The van der Waals surface area contributed by atoms with Crippen LogP contribution in [0.3, 0.4) is 0 Å². The monoisotopic (exact) mass is 328 g/mol. The average molecular weight is 328 g/mol. The van der Waals surface area contributed by atoms with Gasteiger partial charge in [0.05, 0.1) is 11.6 Å². The van der Waals surface area contributed by atoms with Gasteiger partial charge in [0.25, 0.3) is 0 Å². The summed E-state index contributed by atoms with van der Waals surface area (Å²) in [4.78, 5) is 0. The maximum Gasteiger partial charge on any atom is 0.573 e. The highest BCUT2D eigenvalue weighted by molar-refractivity contribution is 5.51. The number of nitriles is 1. The molecule has 0 aliphatic carbocycles. The van der Waals surface area contributed by atoms with Crippen LogP contribution in [-0.2, 0) is 6.54 Å². The summed E-state index contributed by atoms with van der Waals surface area (Å²) in [5.41, 5.74) is -0.676. The van der Waals surface area contributed by atoms with Crippen LogP contribution >= 0.6 is 0 Å². The van der Waals surface area contributed by atoms with Crippen LogP contribution in [0.25, 0.3) is 0 Å². The van der Waals surface area contributed by atoms with Gasteiger partial charge >= 0.3 is 6.36 Å². The van der Waals surface area contributed by atoms with Crippen molar-refractivity contribution >= 4 is 5.69 Å². The van der Waals surface area contributed by atoms with Gasteiger partial charge in [-0.2, -0.15) is 5.26 Å². The molecular formula is C15H9F5N2O. The number of hydrogen-bond donors (Lipinski definition) is 1. The molecule has 23 heavy (non-hydrogen) atoms. The molecular weight excluding hydrogens is 319 g/mol. The molecule has 0 unspecified atom stereocenters. The summed E-state index contributed by atoms with van der Waals surface area (Å²) in [5.74, 6) is -2.51. The lowest BCUT2D eigenvalue weighted by molar-refractivity contribution is -0.274. The highest BCUT2D eigenvalue weighted by atomic mass is 19.4. The SMILES string of the molecule is N#Cc1cc(F)c(NCc2ccccc2OC(F)(F)F)c(F)c1. The molecule has 120 valence electrons. The van der Waals surface area contributed by atoms with Crippen molar-refractivity contribution < 1.29 is 26.7 Å². The predicted octanol–water partition coefficient (Wildman–Crippen LogP) is 4.35. The van der Waals surface area contributed by atoms with E-state index in [2.05, 4.69) is 10.1 Å². The van der Waals surface area contributed by atoms with Gasteiger partial charge in [0, 0.05) is 12.1 Å². The van der Waals surface area contributed by atoms with Gasteiger partial charge in [-0.15, -0.1) is 13.2 Å². The third-order valence-electron chi connectivity index (χ3n) is 2.83. The summed E-state index contributed by atoms with van der Waals surface area (Å²) in [5, 5.41) is 11.0. The van der Waals surface area contributed by atoms with Gasteiger partial charge in [-0.1, -0.05) is 18.2 Å². The van der Waals surface area contributed by atoms with E-state index in [0.717, 1.165) is 18.2 Å². The molecule has 0 saturated heterocycles. The zero-order valence-corrected chi connectivity index (χ0v) is 11.4. The van der Waals surface area contributed by atoms with Crippen molar-refractivity contribution in [1.29, 1.82) is 5.26 Å². The van der Waals surface area contributed by atoms with Crippen molar-refractivity contribution in [3.63, 3.8) is 0 Å². The van der Waals surface area contributed by atoms with Crippen LogP contribution in [-0.4, -0.2) is 6.36 Å². The molecule has 0 fully saturated rings. The maximum atomic E-state index is 13.7. The highest BCUT2D eigenvalue weighted by Crippen LogP contribution is 2.28. The van der Waals surface area contributed by atoms with E-state index >= 15 is 0 Å². The number of para-hydroxylation sites is 1. The number of nitrogens with zero attached hydrogens (tertiary/aromatic N) is 1. The third kappa shape index (κ3) is 4.32. The van der Waals surface area contributed by atoms with Gasteiger partial charge in [-0.25, -0.2) is 8.78 Å². The fraction of sp³-hybridized carbons (Fsp3) is 0.133. The summed E-state index contributed by atoms with van der Waals surface area (Å²) in [6, 6.07) is 8.46. The van der Waals surface area contributed by atoms with Gasteiger partial charge in [0.1, 0.15) is 11.4 Å². The largest absolute Gasteiger partial charge is 0.573 e. The zero-order valence-electron chi connectivity index (χ0n) is 11.4. The van der Waals surface area contributed by atoms with E-state index in [0.29, 0.717) is 0 Å². The van der Waals surface area contributed by atoms with Crippen molar-refractivity contribution in [1.82, 2.24) is 0 Å². The number of halogens is 5. The first-order valence-corrected chi connectivity index (χ1v) is 6.27. The lowest BCUT2D eigenvalue weighted by Crippen LogP contribution is -2.18. The van der Waals surface area contributed by atoms with Crippen LogP contribution in [0, 0.1) is 23.0 Å². The van der Waals surface area contributed by atoms with Crippen LogP contribution in [0.15, 0.2) is 36.4 Å². The van der Waals surface area contributed by atoms with Crippen LogP contribution in [0.1, 0.15) is 11.1 Å². The van der Waals surface area contributed by atoms with E-state index in [1.165, 1.54) is 18.2 Å². The van der Waals surface area contributed by atoms with E-state index in [9.17, 15) is 22.0 Å². The first-order valence-electron chi connectivity index (χ1n) is 6.27. The molecule has 0 atom stereocenters. The molecule has 0 radical (unpaired) electrons. The lowest BCUT2D eigenvalue weighted by atomic mass is 10.1. The van der Waals surface area contributed by atoms with Crippen LogP contribution in [0.4, 0.5) is 27.6 Å². The Morgan fingerprint density at radius 3 is 2.26 bits per heavy atom. The predicted molar refractivity (Wildman–Crippen MR) is 71.5 cm³/mol. The Labute approximate surface area is 127 Å². The number of alkyl halides is 3. The van der Waals surface area contributed by atoms with Crippen molar-refractivity contribution in [2.45, 2.75) is 12.9 Å². The summed E-state index contributed by atoms with van der Waals surface area (Å²) in [7, 11) is 0. The number of rotatable bonds is 4. The molecule has 0 saturated carbocycles. The maximum absolute atomic E-state index is 13.7. The fourth-order valence-electron chi connectivity index (χ4n) is 1.86. The Morgan fingerprint density at radius 1 is 1.09 bits per heavy atom. The highest BCUT2D eigenvalue weighted by Gasteiger charge is 2.32.